The van der Waals surface area contributed by atoms with Crippen LogP contribution in [0, 0.1) is 0 Å². The number of hydrogen-bond donors (Lipinski definition) is 0. The molecule has 0 unspecified atom stereocenters. The van der Waals surface area contributed by atoms with Gasteiger partial charge in [0.05, 0.1) is 0 Å². The molecule has 7 aromatic carbocycles. The number of para-hydroxylation sites is 1. The van der Waals surface area contributed by atoms with E-state index >= 15 is 0 Å². The zero-order valence-electron chi connectivity index (χ0n) is 29.6. The summed E-state index contributed by atoms with van der Waals surface area (Å²) in [5.41, 5.74) is 10.9. The standard InChI is InChI=1S/C49H35GeN3/c1-49(2)39-27-15-12-24-35(39)36-30-31-42-43(44(36)49)38-26-14-17-29-41(38)53(42)48-45-46(51-47(52-48)32-18-6-3-7-19-32)37-25-13-16-28-40(37)50(45,33-20-8-4-9-21-33)34-22-10-5-11-23-34/h3-31H,1-2H3. The van der Waals surface area contributed by atoms with Crippen molar-refractivity contribution in [2.45, 2.75) is 19.3 Å². The average Bonchev–Trinajstić information content (AvgIpc) is 3.80. The van der Waals surface area contributed by atoms with Crippen molar-refractivity contribution in [3.05, 3.63) is 187 Å². The molecule has 3 heterocycles. The summed E-state index contributed by atoms with van der Waals surface area (Å²) in [5.74, 6) is 1.73. The summed E-state index contributed by atoms with van der Waals surface area (Å²) < 4.78 is 7.93. The SMILES string of the molecule is CC1(C)c2ccccc2-c2ccc3c(c21)c1ccccc1n3-c1nc(-c2ccccc2)nc2[c]1[Ge]([c]1ccccc1)([c]1ccccc1)[c]1ccccc1-2. The summed E-state index contributed by atoms with van der Waals surface area (Å²) in [6.07, 6.45) is 0. The number of hydrogen-bond acceptors (Lipinski definition) is 2. The fourth-order valence-corrected chi connectivity index (χ4v) is 20.6. The molecule has 9 aromatic rings. The predicted octanol–water partition coefficient (Wildman–Crippen LogP) is 8.90. The second kappa shape index (κ2) is 11.2. The average molecular weight is 738 g/mol. The summed E-state index contributed by atoms with van der Waals surface area (Å²) in [4.78, 5) is 11.3. The van der Waals surface area contributed by atoms with Crippen LogP contribution in [0.15, 0.2) is 176 Å². The summed E-state index contributed by atoms with van der Waals surface area (Å²) in [6, 6.07) is 64.7. The first-order chi connectivity index (χ1) is 26.1. The van der Waals surface area contributed by atoms with Crippen molar-refractivity contribution < 1.29 is 0 Å². The van der Waals surface area contributed by atoms with E-state index in [1.54, 1.807) is 0 Å². The topological polar surface area (TPSA) is 30.7 Å². The molecule has 53 heavy (non-hydrogen) atoms. The summed E-state index contributed by atoms with van der Waals surface area (Å²) in [7, 11) is 0. The number of fused-ring (bicyclic) bond motifs is 10. The third kappa shape index (κ3) is 4.06. The van der Waals surface area contributed by atoms with Gasteiger partial charge < -0.3 is 0 Å². The number of rotatable bonds is 4. The van der Waals surface area contributed by atoms with Gasteiger partial charge in [0.15, 0.2) is 0 Å². The maximum absolute atomic E-state index is 5.75. The quantitative estimate of drug-likeness (QED) is 0.169. The Morgan fingerprint density at radius 2 is 1.11 bits per heavy atom. The molecule has 0 N–H and O–H groups in total. The second-order valence-corrected chi connectivity index (χ2v) is 22.6. The Morgan fingerprint density at radius 1 is 0.509 bits per heavy atom. The van der Waals surface area contributed by atoms with Gasteiger partial charge in [-0.25, -0.2) is 0 Å². The van der Waals surface area contributed by atoms with Crippen molar-refractivity contribution in [2.75, 3.05) is 0 Å². The molecule has 1 aliphatic carbocycles. The molecule has 0 amide bonds. The van der Waals surface area contributed by atoms with Gasteiger partial charge in [0.25, 0.3) is 0 Å². The summed E-state index contributed by atoms with van der Waals surface area (Å²) in [6.45, 7) is 4.78. The molecule has 0 saturated heterocycles. The van der Waals surface area contributed by atoms with Crippen molar-refractivity contribution in [1.82, 2.24) is 14.5 Å². The van der Waals surface area contributed by atoms with Crippen LogP contribution in [0.5, 0.6) is 0 Å². The number of aromatic nitrogens is 3. The van der Waals surface area contributed by atoms with E-state index < -0.39 is 13.3 Å². The molecule has 2 aliphatic rings. The molecule has 0 radical (unpaired) electrons. The van der Waals surface area contributed by atoms with Gasteiger partial charge in [-0.3, -0.25) is 0 Å². The predicted molar refractivity (Wildman–Crippen MR) is 222 cm³/mol. The van der Waals surface area contributed by atoms with Crippen molar-refractivity contribution in [2.24, 2.45) is 0 Å². The third-order valence-corrected chi connectivity index (χ3v) is 22.0. The van der Waals surface area contributed by atoms with E-state index in [4.69, 9.17) is 9.97 Å². The normalized spacial score (nSPS) is 14.5. The van der Waals surface area contributed by atoms with Gasteiger partial charge >= 0.3 is 313 Å². The third-order valence-electron chi connectivity index (χ3n) is 11.9. The fraction of sp³-hybridized carbons (Fsp3) is 0.0612. The Balaban J connectivity index is 1.35. The van der Waals surface area contributed by atoms with E-state index in [-0.39, 0.29) is 5.41 Å². The molecular formula is C49H35GeN3. The Kier molecular flexibility index (Phi) is 6.48. The van der Waals surface area contributed by atoms with Gasteiger partial charge in [-0.2, -0.15) is 0 Å². The minimum absolute atomic E-state index is 0.172. The Bertz CT molecular complexity index is 2870. The van der Waals surface area contributed by atoms with Gasteiger partial charge in [0.2, 0.25) is 0 Å². The van der Waals surface area contributed by atoms with Gasteiger partial charge in [-0.1, -0.05) is 0 Å². The van der Waals surface area contributed by atoms with Crippen LogP contribution < -0.4 is 17.6 Å². The molecule has 0 spiro atoms. The van der Waals surface area contributed by atoms with Crippen LogP contribution in [-0.4, -0.2) is 27.8 Å². The van der Waals surface area contributed by atoms with Crippen LogP contribution in [0.1, 0.15) is 25.0 Å². The first-order valence-corrected chi connectivity index (χ1v) is 22.6. The van der Waals surface area contributed by atoms with Gasteiger partial charge in [-0.15, -0.1) is 0 Å². The fourth-order valence-electron chi connectivity index (χ4n) is 9.72. The molecule has 3 nitrogen and oxygen atoms in total. The summed E-state index contributed by atoms with van der Waals surface area (Å²) in [5, 5.41) is 2.56. The van der Waals surface area contributed by atoms with Crippen molar-refractivity contribution in [1.29, 1.82) is 0 Å². The van der Waals surface area contributed by atoms with Crippen LogP contribution >= 0.6 is 0 Å². The van der Waals surface area contributed by atoms with Gasteiger partial charge in [0, 0.05) is 0 Å². The first kappa shape index (κ1) is 30.6. The van der Waals surface area contributed by atoms with Crippen molar-refractivity contribution >= 4 is 52.7 Å². The second-order valence-electron chi connectivity index (χ2n) is 14.9. The van der Waals surface area contributed by atoms with Gasteiger partial charge in [-0.05, 0) is 0 Å². The van der Waals surface area contributed by atoms with E-state index in [0.29, 0.717) is 0 Å². The zero-order chi connectivity index (χ0) is 35.3. The minimum atomic E-state index is -3.77. The zero-order valence-corrected chi connectivity index (χ0v) is 31.7. The molecule has 1 aliphatic heterocycles. The van der Waals surface area contributed by atoms with Crippen LogP contribution in [0.4, 0.5) is 0 Å². The number of benzene rings is 7. The molecule has 2 aromatic heterocycles. The van der Waals surface area contributed by atoms with Crippen LogP contribution in [0.3, 0.4) is 0 Å². The van der Waals surface area contributed by atoms with Crippen molar-refractivity contribution in [3.63, 3.8) is 0 Å². The Morgan fingerprint density at radius 3 is 1.85 bits per heavy atom. The molecule has 250 valence electrons. The number of nitrogens with zero attached hydrogens (tertiary/aromatic N) is 3. The van der Waals surface area contributed by atoms with E-state index in [0.717, 1.165) is 28.4 Å². The molecule has 0 atom stereocenters. The van der Waals surface area contributed by atoms with E-state index in [1.807, 2.05) is 0 Å². The van der Waals surface area contributed by atoms with Crippen LogP contribution in [0.2, 0.25) is 0 Å². The van der Waals surface area contributed by atoms with E-state index in [9.17, 15) is 0 Å². The Labute approximate surface area is 311 Å². The molecule has 4 heteroatoms. The summed E-state index contributed by atoms with van der Waals surface area (Å²) >= 11 is -3.77. The van der Waals surface area contributed by atoms with Crippen LogP contribution in [0.25, 0.3) is 61.4 Å². The molecule has 0 fully saturated rings. The molecule has 11 rings (SSSR count). The van der Waals surface area contributed by atoms with Gasteiger partial charge in [0.1, 0.15) is 0 Å². The first-order valence-electron chi connectivity index (χ1n) is 18.4. The van der Waals surface area contributed by atoms with E-state index in [2.05, 4.69) is 194 Å². The van der Waals surface area contributed by atoms with Crippen molar-refractivity contribution in [3.8, 4) is 39.6 Å². The van der Waals surface area contributed by atoms with Crippen LogP contribution in [-0.2, 0) is 5.41 Å². The molecule has 0 saturated carbocycles. The van der Waals surface area contributed by atoms with E-state index in [1.165, 1.54) is 61.7 Å². The Hall–Kier alpha value is -6.04. The molecular weight excluding hydrogens is 703 g/mol. The molecule has 0 bridgehead atoms. The monoisotopic (exact) mass is 739 g/mol. The maximum atomic E-state index is 5.75.